The molecule has 0 aliphatic heterocycles. The average molecular weight is 209 g/mol. The second-order valence-corrected chi connectivity index (χ2v) is 3.58. The summed E-state index contributed by atoms with van der Waals surface area (Å²) in [6, 6.07) is 4.83. The van der Waals surface area contributed by atoms with E-state index in [-0.39, 0.29) is 23.8 Å². The molecule has 0 heterocycles. The smallest absolute Gasteiger partial charge is 0.255 e. The summed E-state index contributed by atoms with van der Waals surface area (Å²) in [7, 11) is 0. The van der Waals surface area contributed by atoms with E-state index >= 15 is 0 Å². The summed E-state index contributed by atoms with van der Waals surface area (Å²) in [6.45, 7) is 3.58. The fraction of sp³-hybridized carbons (Fsp3) is 0.364. The number of carbonyl (C=O) groups is 1. The molecule has 1 aromatic carbocycles. The summed E-state index contributed by atoms with van der Waals surface area (Å²) < 4.78 is 0. The van der Waals surface area contributed by atoms with Crippen LogP contribution in [-0.2, 0) is 0 Å². The van der Waals surface area contributed by atoms with Gasteiger partial charge < -0.3 is 15.5 Å². The third-order valence-corrected chi connectivity index (χ3v) is 1.96. The fourth-order valence-corrected chi connectivity index (χ4v) is 1.17. The number of hydrogen-bond donors (Lipinski definition) is 3. The zero-order valence-electron chi connectivity index (χ0n) is 8.82. The maximum atomic E-state index is 11.5. The van der Waals surface area contributed by atoms with E-state index in [1.54, 1.807) is 19.1 Å². The van der Waals surface area contributed by atoms with Crippen molar-refractivity contribution in [3.8, 4) is 5.75 Å². The molecular formula is C11H15NO3. The topological polar surface area (TPSA) is 69.6 Å². The Balaban J connectivity index is 2.74. The van der Waals surface area contributed by atoms with Crippen molar-refractivity contribution in [2.24, 2.45) is 0 Å². The van der Waals surface area contributed by atoms with E-state index in [4.69, 9.17) is 5.11 Å². The van der Waals surface area contributed by atoms with Crippen molar-refractivity contribution in [3.05, 3.63) is 29.3 Å². The lowest BCUT2D eigenvalue weighted by atomic mass is 10.1. The standard InChI is InChI=1S/C11H15NO3/c1-7-3-4-9(10(14)5-7)11(15)12-6-8(2)13/h3-5,8,13-14H,6H2,1-2H3,(H,12,15). The van der Waals surface area contributed by atoms with Crippen LogP contribution in [0.15, 0.2) is 18.2 Å². The minimum atomic E-state index is -0.596. The number of aliphatic hydroxyl groups excluding tert-OH is 1. The molecule has 0 bridgehead atoms. The lowest BCUT2D eigenvalue weighted by Gasteiger charge is -2.08. The average Bonchev–Trinajstić information content (AvgIpc) is 2.14. The Morgan fingerprint density at radius 3 is 2.73 bits per heavy atom. The molecule has 0 radical (unpaired) electrons. The molecule has 1 unspecified atom stereocenters. The zero-order chi connectivity index (χ0) is 11.4. The summed E-state index contributed by atoms with van der Waals surface area (Å²) in [5, 5.41) is 21.0. The van der Waals surface area contributed by atoms with Gasteiger partial charge in [0.05, 0.1) is 11.7 Å². The molecule has 0 aromatic heterocycles. The maximum Gasteiger partial charge on any atom is 0.255 e. The monoisotopic (exact) mass is 209 g/mol. The highest BCUT2D eigenvalue weighted by atomic mass is 16.3. The van der Waals surface area contributed by atoms with Crippen LogP contribution in [0.25, 0.3) is 0 Å². The van der Waals surface area contributed by atoms with E-state index in [1.807, 2.05) is 6.92 Å². The number of aromatic hydroxyl groups is 1. The summed E-state index contributed by atoms with van der Waals surface area (Å²) >= 11 is 0. The molecule has 3 N–H and O–H groups in total. The van der Waals surface area contributed by atoms with Crippen LogP contribution >= 0.6 is 0 Å². The van der Waals surface area contributed by atoms with Gasteiger partial charge in [-0.25, -0.2) is 0 Å². The van der Waals surface area contributed by atoms with Gasteiger partial charge in [0.1, 0.15) is 5.75 Å². The van der Waals surface area contributed by atoms with Gasteiger partial charge in [0.15, 0.2) is 0 Å². The summed E-state index contributed by atoms with van der Waals surface area (Å²) in [5.41, 5.74) is 1.11. The predicted molar refractivity (Wildman–Crippen MR) is 56.9 cm³/mol. The second-order valence-electron chi connectivity index (χ2n) is 3.58. The van der Waals surface area contributed by atoms with Crippen LogP contribution in [0, 0.1) is 6.92 Å². The van der Waals surface area contributed by atoms with Crippen LogP contribution in [0.1, 0.15) is 22.8 Å². The Morgan fingerprint density at radius 2 is 2.20 bits per heavy atom. The van der Waals surface area contributed by atoms with Gasteiger partial charge >= 0.3 is 0 Å². The minimum Gasteiger partial charge on any atom is -0.507 e. The van der Waals surface area contributed by atoms with E-state index in [0.29, 0.717) is 0 Å². The number of phenols is 1. The molecule has 1 atom stereocenters. The number of nitrogens with one attached hydrogen (secondary N) is 1. The Morgan fingerprint density at radius 1 is 1.53 bits per heavy atom. The van der Waals surface area contributed by atoms with Crippen LogP contribution in [-0.4, -0.2) is 28.8 Å². The van der Waals surface area contributed by atoms with E-state index in [2.05, 4.69) is 5.32 Å². The number of hydrogen-bond acceptors (Lipinski definition) is 3. The van der Waals surface area contributed by atoms with Gasteiger partial charge in [0, 0.05) is 6.54 Å². The first kappa shape index (κ1) is 11.5. The van der Waals surface area contributed by atoms with Gasteiger partial charge in [-0.1, -0.05) is 6.07 Å². The molecule has 0 saturated heterocycles. The lowest BCUT2D eigenvalue weighted by Crippen LogP contribution is -2.30. The molecule has 15 heavy (non-hydrogen) atoms. The number of amides is 1. The molecule has 82 valence electrons. The van der Waals surface area contributed by atoms with Crippen molar-refractivity contribution in [1.29, 1.82) is 0 Å². The van der Waals surface area contributed by atoms with Gasteiger partial charge in [-0.2, -0.15) is 0 Å². The summed E-state index contributed by atoms with van der Waals surface area (Å²) in [5.74, 6) is -0.425. The van der Waals surface area contributed by atoms with Gasteiger partial charge in [-0.05, 0) is 31.5 Å². The van der Waals surface area contributed by atoms with E-state index in [9.17, 15) is 9.90 Å². The maximum absolute atomic E-state index is 11.5. The number of aryl methyl sites for hydroxylation is 1. The molecule has 1 aromatic rings. The number of rotatable bonds is 3. The van der Waals surface area contributed by atoms with Crippen LogP contribution in [0.4, 0.5) is 0 Å². The number of phenolic OH excluding ortho intramolecular Hbond substituents is 1. The van der Waals surface area contributed by atoms with Crippen LogP contribution in [0.2, 0.25) is 0 Å². The molecule has 4 heteroatoms. The van der Waals surface area contributed by atoms with Gasteiger partial charge in [0.25, 0.3) is 5.91 Å². The Bertz CT molecular complexity index is 361. The van der Waals surface area contributed by atoms with Crippen LogP contribution < -0.4 is 5.32 Å². The third kappa shape index (κ3) is 3.25. The quantitative estimate of drug-likeness (QED) is 0.690. The van der Waals surface area contributed by atoms with Gasteiger partial charge in [-0.15, -0.1) is 0 Å². The van der Waals surface area contributed by atoms with E-state index < -0.39 is 6.10 Å². The Hall–Kier alpha value is -1.55. The number of carbonyl (C=O) groups excluding carboxylic acids is 1. The van der Waals surface area contributed by atoms with Crippen LogP contribution in [0.3, 0.4) is 0 Å². The highest BCUT2D eigenvalue weighted by Crippen LogP contribution is 2.17. The van der Waals surface area contributed by atoms with Crippen molar-refractivity contribution in [2.45, 2.75) is 20.0 Å². The summed E-state index contributed by atoms with van der Waals surface area (Å²) in [6.07, 6.45) is -0.596. The molecule has 0 fully saturated rings. The minimum absolute atomic E-state index is 0.0434. The first-order valence-corrected chi connectivity index (χ1v) is 4.76. The van der Waals surface area contributed by atoms with Crippen molar-refractivity contribution in [1.82, 2.24) is 5.32 Å². The Labute approximate surface area is 88.6 Å². The van der Waals surface area contributed by atoms with Crippen molar-refractivity contribution < 1.29 is 15.0 Å². The molecule has 0 aliphatic carbocycles. The van der Waals surface area contributed by atoms with Gasteiger partial charge in [-0.3, -0.25) is 4.79 Å². The first-order valence-electron chi connectivity index (χ1n) is 4.76. The van der Waals surface area contributed by atoms with Crippen molar-refractivity contribution >= 4 is 5.91 Å². The zero-order valence-corrected chi connectivity index (χ0v) is 8.82. The van der Waals surface area contributed by atoms with Gasteiger partial charge in [0.2, 0.25) is 0 Å². The normalized spacial score (nSPS) is 12.2. The lowest BCUT2D eigenvalue weighted by molar-refractivity contribution is 0.0921. The predicted octanol–water partition coefficient (Wildman–Crippen LogP) is 0.811. The second kappa shape index (κ2) is 4.79. The molecule has 1 rings (SSSR count). The highest BCUT2D eigenvalue weighted by molar-refractivity contribution is 5.96. The molecule has 0 spiro atoms. The van der Waals surface area contributed by atoms with Crippen molar-refractivity contribution in [2.75, 3.05) is 6.54 Å². The number of benzene rings is 1. The highest BCUT2D eigenvalue weighted by Gasteiger charge is 2.10. The molecule has 0 saturated carbocycles. The third-order valence-electron chi connectivity index (χ3n) is 1.96. The summed E-state index contributed by atoms with van der Waals surface area (Å²) in [4.78, 5) is 11.5. The molecule has 4 nitrogen and oxygen atoms in total. The fourth-order valence-electron chi connectivity index (χ4n) is 1.17. The van der Waals surface area contributed by atoms with Crippen molar-refractivity contribution in [3.63, 3.8) is 0 Å². The molecule has 0 aliphatic rings. The number of aliphatic hydroxyl groups is 1. The van der Waals surface area contributed by atoms with Crippen LogP contribution in [0.5, 0.6) is 5.75 Å². The van der Waals surface area contributed by atoms with E-state index in [1.165, 1.54) is 6.07 Å². The van der Waals surface area contributed by atoms with E-state index in [0.717, 1.165) is 5.56 Å². The Kier molecular flexibility index (Phi) is 3.68. The largest absolute Gasteiger partial charge is 0.507 e. The molecule has 1 amide bonds. The molecular weight excluding hydrogens is 194 g/mol. The SMILES string of the molecule is Cc1ccc(C(=O)NCC(C)O)c(O)c1. The first-order chi connectivity index (χ1) is 7.00.